The molecule has 0 unspecified atom stereocenters. The summed E-state index contributed by atoms with van der Waals surface area (Å²) in [6.45, 7) is 9.73. The van der Waals surface area contributed by atoms with E-state index in [9.17, 15) is 0 Å². The molecule has 0 radical (unpaired) electrons. The molecule has 1 aliphatic rings. The summed E-state index contributed by atoms with van der Waals surface area (Å²) in [5.41, 5.74) is 11.5. The van der Waals surface area contributed by atoms with Gasteiger partial charge in [0.1, 0.15) is 0 Å². The summed E-state index contributed by atoms with van der Waals surface area (Å²) < 4.78 is 2.49. The number of nitrogens with zero attached hydrogens (tertiary/aromatic N) is 4. The summed E-state index contributed by atoms with van der Waals surface area (Å²) in [4.78, 5) is 15.2. The summed E-state index contributed by atoms with van der Waals surface area (Å²) in [5.74, 6) is 1.95. The van der Waals surface area contributed by atoms with Crippen LogP contribution in [0.3, 0.4) is 0 Å². The predicted molar refractivity (Wildman–Crippen MR) is 237 cm³/mol. The van der Waals surface area contributed by atoms with Gasteiger partial charge in [0, 0.05) is 38.6 Å². The Morgan fingerprint density at radius 2 is 1.00 bits per heavy atom. The zero-order valence-corrected chi connectivity index (χ0v) is 32.5. The minimum Gasteiger partial charge on any atom is -0.309 e. The molecule has 57 heavy (non-hydrogen) atoms. The highest BCUT2D eigenvalue weighted by Crippen LogP contribution is 2.58. The van der Waals surface area contributed by atoms with Gasteiger partial charge in [-0.1, -0.05) is 161 Å². The standard InChI is InChI=1S/C53H40N4/c1-52(2)44-31-26-34-15-10-11-19-40(34)46(44)43-30-29-42-41-20-12-13-21-45(41)57(48(42)47(43)53(52,3)4)39-27-24-36(25-28-39)50-54-49(35-16-6-5-7-17-35)55-51(56-50)38-23-22-33-14-8-9-18-37(33)32-38/h5-32H,1-4H3. The van der Waals surface area contributed by atoms with Crippen molar-refractivity contribution in [3.63, 3.8) is 0 Å². The Balaban J connectivity index is 1.12. The Labute approximate surface area is 332 Å². The number of aromatic nitrogens is 4. The van der Waals surface area contributed by atoms with Crippen LogP contribution in [0.2, 0.25) is 0 Å². The van der Waals surface area contributed by atoms with Crippen LogP contribution in [-0.2, 0) is 10.8 Å². The van der Waals surface area contributed by atoms with E-state index >= 15 is 0 Å². The second-order valence-corrected chi connectivity index (χ2v) is 16.5. The molecule has 0 saturated carbocycles. The Hall–Kier alpha value is -6.91. The first-order valence-electron chi connectivity index (χ1n) is 19.8. The molecule has 0 spiro atoms. The lowest BCUT2D eigenvalue weighted by Crippen LogP contribution is -2.44. The van der Waals surface area contributed by atoms with E-state index in [1.807, 2.05) is 18.2 Å². The van der Waals surface area contributed by atoms with Gasteiger partial charge in [0.05, 0.1) is 11.0 Å². The molecule has 10 aromatic rings. The third-order valence-electron chi connectivity index (χ3n) is 13.0. The maximum absolute atomic E-state index is 5.11. The molecule has 0 fully saturated rings. The molecule has 272 valence electrons. The van der Waals surface area contributed by atoms with E-state index < -0.39 is 0 Å². The van der Waals surface area contributed by atoms with E-state index in [0.29, 0.717) is 17.5 Å². The van der Waals surface area contributed by atoms with Crippen molar-refractivity contribution >= 4 is 43.4 Å². The van der Waals surface area contributed by atoms with Crippen LogP contribution in [0.25, 0.3) is 94.3 Å². The molecule has 0 saturated heterocycles. The van der Waals surface area contributed by atoms with Crippen molar-refractivity contribution in [3.8, 4) is 51.0 Å². The van der Waals surface area contributed by atoms with Gasteiger partial charge in [-0.25, -0.2) is 15.0 Å². The predicted octanol–water partition coefficient (Wildman–Crippen LogP) is 13.5. The maximum Gasteiger partial charge on any atom is 0.164 e. The van der Waals surface area contributed by atoms with E-state index in [1.165, 1.54) is 60.2 Å². The largest absolute Gasteiger partial charge is 0.309 e. The Bertz CT molecular complexity index is 3230. The third kappa shape index (κ3) is 4.96. The molecule has 0 amide bonds. The Morgan fingerprint density at radius 3 is 1.75 bits per heavy atom. The van der Waals surface area contributed by atoms with Gasteiger partial charge >= 0.3 is 0 Å². The SMILES string of the molecule is CC1(C)c2ccc3ccccc3c2-c2ccc3c4ccccc4n(-c4ccc(-c5nc(-c6ccccc6)nc(-c6ccc7ccccc7c6)n5)cc4)c3c2C1(C)C. The van der Waals surface area contributed by atoms with Crippen LogP contribution in [0.1, 0.15) is 38.8 Å². The van der Waals surface area contributed by atoms with Crippen LogP contribution in [0.4, 0.5) is 0 Å². The molecule has 0 atom stereocenters. The van der Waals surface area contributed by atoms with E-state index in [1.54, 1.807) is 0 Å². The van der Waals surface area contributed by atoms with Crippen molar-refractivity contribution in [1.29, 1.82) is 0 Å². The fraction of sp³-hybridized carbons (Fsp3) is 0.113. The van der Waals surface area contributed by atoms with Crippen molar-refractivity contribution in [3.05, 3.63) is 181 Å². The van der Waals surface area contributed by atoms with Gasteiger partial charge in [-0.05, 0) is 85.6 Å². The number of fused-ring (bicyclic) bond motifs is 10. The third-order valence-corrected chi connectivity index (χ3v) is 13.0. The number of hydrogen-bond acceptors (Lipinski definition) is 3. The van der Waals surface area contributed by atoms with Crippen LogP contribution in [0.15, 0.2) is 170 Å². The highest BCUT2D eigenvalue weighted by molar-refractivity contribution is 6.14. The molecule has 0 bridgehead atoms. The lowest BCUT2D eigenvalue weighted by atomic mass is 9.54. The van der Waals surface area contributed by atoms with Gasteiger partial charge in [0.2, 0.25) is 0 Å². The normalized spacial score (nSPS) is 14.2. The van der Waals surface area contributed by atoms with Gasteiger partial charge < -0.3 is 4.57 Å². The number of hydrogen-bond donors (Lipinski definition) is 0. The number of rotatable bonds is 4. The lowest BCUT2D eigenvalue weighted by Gasteiger charge is -2.49. The monoisotopic (exact) mass is 732 g/mol. The van der Waals surface area contributed by atoms with Gasteiger partial charge in [-0.2, -0.15) is 0 Å². The lowest BCUT2D eigenvalue weighted by molar-refractivity contribution is 0.301. The zero-order valence-electron chi connectivity index (χ0n) is 32.5. The summed E-state index contributed by atoms with van der Waals surface area (Å²) >= 11 is 0. The molecular weight excluding hydrogens is 693 g/mol. The van der Waals surface area contributed by atoms with E-state index in [-0.39, 0.29) is 10.8 Å². The first kappa shape index (κ1) is 33.4. The topological polar surface area (TPSA) is 43.6 Å². The van der Waals surface area contributed by atoms with Gasteiger partial charge in [0.25, 0.3) is 0 Å². The van der Waals surface area contributed by atoms with Gasteiger partial charge in [0.15, 0.2) is 17.5 Å². The van der Waals surface area contributed by atoms with Crippen LogP contribution in [0.5, 0.6) is 0 Å². The Kier molecular flexibility index (Phi) is 7.21. The van der Waals surface area contributed by atoms with Crippen LogP contribution >= 0.6 is 0 Å². The summed E-state index contributed by atoms with van der Waals surface area (Å²) in [5, 5.41) is 7.44. The fourth-order valence-corrected chi connectivity index (χ4v) is 9.34. The van der Waals surface area contributed by atoms with Gasteiger partial charge in [-0.3, -0.25) is 0 Å². The smallest absolute Gasteiger partial charge is 0.164 e. The second kappa shape index (κ2) is 12.3. The molecule has 0 aliphatic heterocycles. The molecule has 0 N–H and O–H groups in total. The average Bonchev–Trinajstić information content (AvgIpc) is 3.59. The molecule has 4 nitrogen and oxygen atoms in total. The van der Waals surface area contributed by atoms with E-state index in [0.717, 1.165) is 27.8 Å². The number of para-hydroxylation sites is 1. The number of benzene rings is 8. The highest BCUT2D eigenvalue weighted by atomic mass is 15.0. The average molecular weight is 733 g/mol. The van der Waals surface area contributed by atoms with E-state index in [2.05, 4.69) is 184 Å². The summed E-state index contributed by atoms with van der Waals surface area (Å²) in [7, 11) is 0. The minimum absolute atomic E-state index is 0.142. The molecule has 4 heteroatoms. The van der Waals surface area contributed by atoms with Crippen molar-refractivity contribution in [1.82, 2.24) is 19.5 Å². The van der Waals surface area contributed by atoms with E-state index in [4.69, 9.17) is 15.0 Å². The van der Waals surface area contributed by atoms with Crippen LogP contribution < -0.4 is 0 Å². The maximum atomic E-state index is 5.11. The first-order chi connectivity index (χ1) is 27.8. The quantitative estimate of drug-likeness (QED) is 0.181. The molecule has 2 aromatic heterocycles. The molecule has 8 aromatic carbocycles. The fourth-order valence-electron chi connectivity index (χ4n) is 9.34. The van der Waals surface area contributed by atoms with Crippen molar-refractivity contribution in [2.75, 3.05) is 0 Å². The van der Waals surface area contributed by atoms with Crippen molar-refractivity contribution < 1.29 is 0 Å². The van der Waals surface area contributed by atoms with Crippen molar-refractivity contribution in [2.24, 2.45) is 0 Å². The highest BCUT2D eigenvalue weighted by Gasteiger charge is 2.48. The van der Waals surface area contributed by atoms with Crippen molar-refractivity contribution in [2.45, 2.75) is 38.5 Å². The summed E-state index contributed by atoms with van der Waals surface area (Å²) in [6.07, 6.45) is 0. The first-order valence-corrected chi connectivity index (χ1v) is 19.8. The Morgan fingerprint density at radius 1 is 0.421 bits per heavy atom. The second-order valence-electron chi connectivity index (χ2n) is 16.5. The molecule has 2 heterocycles. The summed E-state index contributed by atoms with van der Waals surface area (Å²) in [6, 6.07) is 60.9. The zero-order chi connectivity index (χ0) is 38.5. The molecule has 11 rings (SSSR count). The minimum atomic E-state index is -0.193. The van der Waals surface area contributed by atoms with Crippen LogP contribution in [0, 0.1) is 0 Å². The molecule has 1 aliphatic carbocycles. The van der Waals surface area contributed by atoms with Crippen LogP contribution in [-0.4, -0.2) is 19.5 Å². The molecular formula is C53H40N4. The van der Waals surface area contributed by atoms with Gasteiger partial charge in [-0.15, -0.1) is 0 Å².